The van der Waals surface area contributed by atoms with E-state index >= 15 is 0 Å². The molecule has 0 radical (unpaired) electrons. The Hall–Kier alpha value is -3.70. The van der Waals surface area contributed by atoms with Crippen molar-refractivity contribution in [2.75, 3.05) is 16.4 Å². The fourth-order valence-corrected chi connectivity index (χ4v) is 2.51. The van der Waals surface area contributed by atoms with E-state index in [1.54, 1.807) is 30.6 Å². The Kier molecular flexibility index (Phi) is 5.44. The lowest BCUT2D eigenvalue weighted by atomic mass is 10.2. The third kappa shape index (κ3) is 4.48. The van der Waals surface area contributed by atoms with Crippen molar-refractivity contribution in [3.63, 3.8) is 0 Å². The number of halogens is 1. The van der Waals surface area contributed by atoms with Crippen LogP contribution in [-0.2, 0) is 6.54 Å². The first-order valence-corrected chi connectivity index (χ1v) is 8.21. The molecular formula is C18H14ClN7O. The van der Waals surface area contributed by atoms with Gasteiger partial charge in [0, 0.05) is 24.3 Å². The maximum atomic E-state index is 12.4. The Morgan fingerprint density at radius 1 is 1.22 bits per heavy atom. The van der Waals surface area contributed by atoms with Gasteiger partial charge in [0.1, 0.15) is 17.6 Å². The topological polar surface area (TPSA) is 130 Å². The molecule has 3 aromatic heterocycles. The van der Waals surface area contributed by atoms with Crippen molar-refractivity contribution in [3.8, 4) is 6.07 Å². The molecule has 1 amide bonds. The third-order valence-corrected chi connectivity index (χ3v) is 3.85. The second-order valence-electron chi connectivity index (χ2n) is 5.45. The molecule has 0 aliphatic rings. The molecule has 0 saturated heterocycles. The van der Waals surface area contributed by atoms with Crippen LogP contribution in [0.4, 0.5) is 17.2 Å². The van der Waals surface area contributed by atoms with Crippen molar-refractivity contribution >= 4 is 34.7 Å². The lowest BCUT2D eigenvalue weighted by molar-refractivity contribution is 0.102. The maximum Gasteiger partial charge on any atom is 0.275 e. The van der Waals surface area contributed by atoms with Crippen LogP contribution in [0.25, 0.3) is 0 Å². The van der Waals surface area contributed by atoms with E-state index in [0.29, 0.717) is 29.4 Å². The lowest BCUT2D eigenvalue weighted by Crippen LogP contribution is -2.15. The number of nitrogens with two attached hydrogens (primary N) is 1. The molecule has 0 aromatic carbocycles. The number of pyridine rings is 3. The molecule has 0 unspecified atom stereocenters. The number of anilines is 3. The first kappa shape index (κ1) is 18.1. The summed E-state index contributed by atoms with van der Waals surface area (Å²) in [6.45, 7) is 0.398. The Bertz CT molecular complexity index is 1030. The Morgan fingerprint density at radius 2 is 2.07 bits per heavy atom. The Morgan fingerprint density at radius 3 is 2.81 bits per heavy atom. The molecule has 8 nitrogen and oxygen atoms in total. The minimum absolute atomic E-state index is 0.0373. The normalized spacial score (nSPS) is 10.1. The standard InChI is InChI=1S/C18H14ClN7O/c19-14-6-11(8-20)9-25-16(14)18(27)26-12-3-5-22-13(7-12)10-24-15-2-1-4-23-17(15)21/h1-7,9,24H,10H2,(H2,21,23)(H,22,26,27). The fourth-order valence-electron chi connectivity index (χ4n) is 2.26. The largest absolute Gasteiger partial charge is 0.382 e. The number of rotatable bonds is 5. The smallest absolute Gasteiger partial charge is 0.275 e. The predicted molar refractivity (Wildman–Crippen MR) is 102 cm³/mol. The number of nitrogen functional groups attached to an aromatic ring is 1. The van der Waals surface area contributed by atoms with Crippen LogP contribution in [0.1, 0.15) is 21.7 Å². The van der Waals surface area contributed by atoms with Gasteiger partial charge < -0.3 is 16.4 Å². The molecule has 9 heteroatoms. The van der Waals surface area contributed by atoms with Gasteiger partial charge in [-0.05, 0) is 30.3 Å². The van der Waals surface area contributed by atoms with E-state index in [4.69, 9.17) is 22.6 Å². The number of carbonyl (C=O) groups is 1. The zero-order chi connectivity index (χ0) is 19.2. The first-order valence-electron chi connectivity index (χ1n) is 7.83. The van der Waals surface area contributed by atoms with Crippen LogP contribution in [0.3, 0.4) is 0 Å². The lowest BCUT2D eigenvalue weighted by Gasteiger charge is -2.10. The minimum Gasteiger partial charge on any atom is -0.382 e. The molecule has 0 aliphatic carbocycles. The van der Waals surface area contributed by atoms with Gasteiger partial charge in [-0.3, -0.25) is 9.78 Å². The van der Waals surface area contributed by atoms with Gasteiger partial charge in [0.25, 0.3) is 5.91 Å². The quantitative estimate of drug-likeness (QED) is 0.621. The number of nitriles is 1. The van der Waals surface area contributed by atoms with Crippen LogP contribution < -0.4 is 16.4 Å². The molecule has 0 bridgehead atoms. The number of hydrogen-bond acceptors (Lipinski definition) is 7. The van der Waals surface area contributed by atoms with E-state index in [9.17, 15) is 4.79 Å². The van der Waals surface area contributed by atoms with E-state index in [1.165, 1.54) is 12.3 Å². The minimum atomic E-state index is -0.480. The van der Waals surface area contributed by atoms with Crippen molar-refractivity contribution < 1.29 is 4.79 Å². The molecule has 0 aliphatic heterocycles. The van der Waals surface area contributed by atoms with Gasteiger partial charge in [-0.25, -0.2) is 9.97 Å². The third-order valence-electron chi connectivity index (χ3n) is 3.56. The number of aromatic nitrogens is 3. The van der Waals surface area contributed by atoms with Crippen LogP contribution in [0.15, 0.2) is 48.9 Å². The van der Waals surface area contributed by atoms with Crippen molar-refractivity contribution in [2.24, 2.45) is 0 Å². The molecule has 0 fully saturated rings. The Labute approximate surface area is 160 Å². The van der Waals surface area contributed by atoms with Gasteiger partial charge >= 0.3 is 0 Å². The highest BCUT2D eigenvalue weighted by atomic mass is 35.5. The molecule has 134 valence electrons. The molecule has 0 spiro atoms. The first-order chi connectivity index (χ1) is 13.1. The van der Waals surface area contributed by atoms with Gasteiger partial charge in [-0.2, -0.15) is 5.26 Å². The van der Waals surface area contributed by atoms with Gasteiger partial charge in [0.05, 0.1) is 28.5 Å². The number of hydrogen-bond donors (Lipinski definition) is 3. The zero-order valence-corrected chi connectivity index (χ0v) is 14.7. The summed E-state index contributed by atoms with van der Waals surface area (Å²) in [7, 11) is 0. The predicted octanol–water partition coefficient (Wildman–Crippen LogP) is 2.84. The van der Waals surface area contributed by atoms with E-state index in [1.807, 2.05) is 12.1 Å². The second-order valence-corrected chi connectivity index (χ2v) is 5.85. The number of nitrogens with zero attached hydrogens (tertiary/aromatic N) is 4. The summed E-state index contributed by atoms with van der Waals surface area (Å²) >= 11 is 6.02. The van der Waals surface area contributed by atoms with E-state index < -0.39 is 5.91 Å². The van der Waals surface area contributed by atoms with Crippen molar-refractivity contribution in [1.29, 1.82) is 5.26 Å². The van der Waals surface area contributed by atoms with Gasteiger partial charge in [-0.15, -0.1) is 0 Å². The van der Waals surface area contributed by atoms with Gasteiger partial charge in [-0.1, -0.05) is 11.6 Å². The molecule has 3 rings (SSSR count). The summed E-state index contributed by atoms with van der Waals surface area (Å²) in [5.41, 5.74) is 8.03. The van der Waals surface area contributed by atoms with Crippen LogP contribution in [0, 0.1) is 11.3 Å². The number of amides is 1. The van der Waals surface area contributed by atoms with Crippen LogP contribution >= 0.6 is 11.6 Å². The Balaban J connectivity index is 1.69. The summed E-state index contributed by atoms with van der Waals surface area (Å²) in [5.74, 6) is -0.0883. The summed E-state index contributed by atoms with van der Waals surface area (Å²) in [6, 6.07) is 10.3. The maximum absolute atomic E-state index is 12.4. The summed E-state index contributed by atoms with van der Waals surface area (Å²) < 4.78 is 0. The van der Waals surface area contributed by atoms with Crippen molar-refractivity contribution in [3.05, 3.63) is 70.9 Å². The highest BCUT2D eigenvalue weighted by molar-refractivity contribution is 6.34. The molecule has 3 heterocycles. The zero-order valence-electron chi connectivity index (χ0n) is 14.0. The average Bonchev–Trinajstić information content (AvgIpc) is 2.67. The van der Waals surface area contributed by atoms with E-state index in [2.05, 4.69) is 25.6 Å². The fraction of sp³-hybridized carbons (Fsp3) is 0.0556. The number of nitrogens with one attached hydrogen (secondary N) is 2. The average molecular weight is 380 g/mol. The van der Waals surface area contributed by atoms with Crippen molar-refractivity contribution in [1.82, 2.24) is 15.0 Å². The summed E-state index contributed by atoms with van der Waals surface area (Å²) in [5, 5.41) is 14.8. The van der Waals surface area contributed by atoms with Crippen LogP contribution in [0.2, 0.25) is 5.02 Å². The summed E-state index contributed by atoms with van der Waals surface area (Å²) in [4.78, 5) is 24.6. The highest BCUT2D eigenvalue weighted by Gasteiger charge is 2.13. The summed E-state index contributed by atoms with van der Waals surface area (Å²) in [6.07, 6.45) is 4.48. The molecule has 0 atom stereocenters. The monoisotopic (exact) mass is 379 g/mol. The SMILES string of the molecule is N#Cc1cnc(C(=O)Nc2ccnc(CNc3cccnc3N)c2)c(Cl)c1. The number of carbonyl (C=O) groups excluding carboxylic acids is 1. The van der Waals surface area contributed by atoms with Gasteiger partial charge in [0.2, 0.25) is 0 Å². The molecular weight excluding hydrogens is 366 g/mol. The molecule has 4 N–H and O–H groups in total. The van der Waals surface area contributed by atoms with Crippen molar-refractivity contribution in [2.45, 2.75) is 6.54 Å². The van der Waals surface area contributed by atoms with Crippen LogP contribution in [-0.4, -0.2) is 20.9 Å². The highest BCUT2D eigenvalue weighted by Crippen LogP contribution is 2.18. The van der Waals surface area contributed by atoms with Gasteiger partial charge in [0.15, 0.2) is 0 Å². The van der Waals surface area contributed by atoms with E-state index in [-0.39, 0.29) is 16.3 Å². The molecule has 27 heavy (non-hydrogen) atoms. The second kappa shape index (κ2) is 8.12. The molecule has 3 aromatic rings. The molecule has 0 saturated carbocycles. The van der Waals surface area contributed by atoms with E-state index in [0.717, 1.165) is 0 Å². The van der Waals surface area contributed by atoms with Crippen LogP contribution in [0.5, 0.6) is 0 Å².